The van der Waals surface area contributed by atoms with Gasteiger partial charge in [-0.25, -0.2) is 9.78 Å². The van der Waals surface area contributed by atoms with E-state index < -0.39 is 0 Å². The number of hydrogen-bond donors (Lipinski definition) is 2. The summed E-state index contributed by atoms with van der Waals surface area (Å²) in [5.41, 5.74) is 6.12. The van der Waals surface area contributed by atoms with Crippen molar-refractivity contribution in [2.24, 2.45) is 0 Å². The molecule has 0 aliphatic heterocycles. The summed E-state index contributed by atoms with van der Waals surface area (Å²) in [4.78, 5) is 16.7. The largest absolute Gasteiger partial charge is 0.325 e. The molecule has 0 unspecified atom stereocenters. The van der Waals surface area contributed by atoms with E-state index in [9.17, 15) is 4.79 Å². The maximum Gasteiger partial charge on any atom is 0.325 e. The highest BCUT2D eigenvalue weighted by molar-refractivity contribution is 7.14. The first-order valence-electron chi connectivity index (χ1n) is 7.80. The SMILES string of the molecule is Cc1cc(C)c(-c2csc(NC(=O)Nc3ccccc3Cl)n2)c(C)c1. The van der Waals surface area contributed by atoms with Gasteiger partial charge in [0.15, 0.2) is 5.13 Å². The molecular formula is C19H18ClN3OS. The minimum absolute atomic E-state index is 0.369. The first-order chi connectivity index (χ1) is 11.9. The number of carbonyl (C=O) groups is 1. The normalized spacial score (nSPS) is 10.6. The van der Waals surface area contributed by atoms with Crippen molar-refractivity contribution in [2.75, 3.05) is 10.6 Å². The third kappa shape index (κ3) is 4.00. The second kappa shape index (κ2) is 7.25. The lowest BCUT2D eigenvalue weighted by molar-refractivity contribution is 0.262. The van der Waals surface area contributed by atoms with Crippen molar-refractivity contribution in [1.29, 1.82) is 0 Å². The Bertz CT molecular complexity index is 913. The van der Waals surface area contributed by atoms with Crippen molar-refractivity contribution < 1.29 is 4.79 Å². The fourth-order valence-electron chi connectivity index (χ4n) is 2.84. The van der Waals surface area contributed by atoms with Gasteiger partial charge >= 0.3 is 6.03 Å². The molecule has 3 aromatic rings. The number of benzene rings is 2. The second-order valence-corrected chi connectivity index (χ2v) is 7.14. The Morgan fingerprint density at radius 3 is 2.44 bits per heavy atom. The van der Waals surface area contributed by atoms with Crippen LogP contribution < -0.4 is 10.6 Å². The second-order valence-electron chi connectivity index (χ2n) is 5.87. The number of urea groups is 1. The summed E-state index contributed by atoms with van der Waals surface area (Å²) in [6.45, 7) is 6.23. The summed E-state index contributed by atoms with van der Waals surface area (Å²) in [6.07, 6.45) is 0. The van der Waals surface area contributed by atoms with E-state index in [4.69, 9.17) is 11.6 Å². The van der Waals surface area contributed by atoms with E-state index >= 15 is 0 Å². The van der Waals surface area contributed by atoms with Crippen LogP contribution in [0.4, 0.5) is 15.6 Å². The number of thiazole rings is 1. The molecule has 4 nitrogen and oxygen atoms in total. The van der Waals surface area contributed by atoms with Gasteiger partial charge in [0.2, 0.25) is 0 Å². The zero-order valence-electron chi connectivity index (χ0n) is 14.2. The summed E-state index contributed by atoms with van der Waals surface area (Å²) >= 11 is 7.44. The van der Waals surface area contributed by atoms with E-state index in [-0.39, 0.29) is 6.03 Å². The number of halogens is 1. The zero-order chi connectivity index (χ0) is 18.0. The molecule has 2 N–H and O–H groups in total. The van der Waals surface area contributed by atoms with Gasteiger partial charge < -0.3 is 5.32 Å². The van der Waals surface area contributed by atoms with Crippen LogP contribution in [0.25, 0.3) is 11.3 Å². The lowest BCUT2D eigenvalue weighted by Gasteiger charge is -2.09. The molecule has 6 heteroatoms. The molecule has 0 spiro atoms. The maximum absolute atomic E-state index is 12.1. The van der Waals surface area contributed by atoms with Crippen LogP contribution in [0.15, 0.2) is 41.8 Å². The summed E-state index contributed by atoms with van der Waals surface area (Å²) in [6, 6.07) is 11.0. The standard InChI is InChI=1S/C19H18ClN3OS/c1-11-8-12(2)17(13(3)9-11)16-10-25-19(22-16)23-18(24)21-15-7-5-4-6-14(15)20/h4-10H,1-3H3,(H2,21,22,23,24). The van der Waals surface area contributed by atoms with Gasteiger partial charge in [0.25, 0.3) is 0 Å². The highest BCUT2D eigenvalue weighted by Gasteiger charge is 2.13. The number of nitrogens with one attached hydrogen (secondary N) is 2. The quantitative estimate of drug-likeness (QED) is 0.590. The third-order valence-corrected chi connectivity index (χ3v) is 4.87. The number of rotatable bonds is 3. The first kappa shape index (κ1) is 17.5. The van der Waals surface area contributed by atoms with Crippen LogP contribution in [-0.2, 0) is 0 Å². The Labute approximate surface area is 155 Å². The van der Waals surface area contributed by atoms with Gasteiger partial charge in [-0.1, -0.05) is 41.4 Å². The van der Waals surface area contributed by atoms with Crippen LogP contribution in [0.1, 0.15) is 16.7 Å². The molecule has 128 valence electrons. The average Bonchev–Trinajstić information content (AvgIpc) is 2.96. The number of carbonyl (C=O) groups excluding carboxylic acids is 1. The van der Waals surface area contributed by atoms with Crippen LogP contribution in [0.5, 0.6) is 0 Å². The molecule has 0 radical (unpaired) electrons. The van der Waals surface area contributed by atoms with Gasteiger partial charge in [-0.2, -0.15) is 0 Å². The van der Waals surface area contributed by atoms with Crippen molar-refractivity contribution in [2.45, 2.75) is 20.8 Å². The van der Waals surface area contributed by atoms with Crippen molar-refractivity contribution >= 4 is 39.8 Å². The fraction of sp³-hybridized carbons (Fsp3) is 0.158. The van der Waals surface area contributed by atoms with E-state index in [1.807, 2.05) is 17.5 Å². The lowest BCUT2D eigenvalue weighted by Crippen LogP contribution is -2.19. The van der Waals surface area contributed by atoms with E-state index in [1.54, 1.807) is 12.1 Å². The third-order valence-electron chi connectivity index (χ3n) is 3.78. The van der Waals surface area contributed by atoms with Gasteiger partial charge in [-0.05, 0) is 44.0 Å². The monoisotopic (exact) mass is 371 g/mol. The van der Waals surface area contributed by atoms with Crippen LogP contribution in [-0.4, -0.2) is 11.0 Å². The molecule has 3 rings (SSSR count). The van der Waals surface area contributed by atoms with Crippen LogP contribution in [0.3, 0.4) is 0 Å². The number of aromatic nitrogens is 1. The van der Waals surface area contributed by atoms with E-state index in [2.05, 4.69) is 48.5 Å². The van der Waals surface area contributed by atoms with Crippen molar-refractivity contribution in [3.05, 3.63) is 63.5 Å². The van der Waals surface area contributed by atoms with Gasteiger partial charge in [0, 0.05) is 10.9 Å². The molecule has 0 saturated heterocycles. The molecule has 0 bridgehead atoms. The predicted octanol–water partition coefficient (Wildman–Crippen LogP) is 6.03. The summed E-state index contributed by atoms with van der Waals surface area (Å²) < 4.78 is 0. The molecule has 0 aliphatic rings. The number of hydrogen-bond acceptors (Lipinski definition) is 3. The average molecular weight is 372 g/mol. The number of amides is 2. The number of para-hydroxylation sites is 1. The van der Waals surface area contributed by atoms with Crippen LogP contribution >= 0.6 is 22.9 Å². The molecule has 0 saturated carbocycles. The smallest absolute Gasteiger partial charge is 0.306 e. The highest BCUT2D eigenvalue weighted by Crippen LogP contribution is 2.31. The first-order valence-corrected chi connectivity index (χ1v) is 9.06. The molecule has 25 heavy (non-hydrogen) atoms. The molecule has 2 amide bonds. The minimum Gasteiger partial charge on any atom is -0.306 e. The molecule has 2 aromatic carbocycles. The Morgan fingerprint density at radius 1 is 1.08 bits per heavy atom. The van der Waals surface area contributed by atoms with E-state index in [1.165, 1.54) is 28.0 Å². The lowest BCUT2D eigenvalue weighted by atomic mass is 9.98. The van der Waals surface area contributed by atoms with Gasteiger partial charge in [-0.15, -0.1) is 11.3 Å². The molecule has 1 heterocycles. The molecule has 0 atom stereocenters. The fourth-order valence-corrected chi connectivity index (χ4v) is 3.72. The Balaban J connectivity index is 1.76. The highest BCUT2D eigenvalue weighted by atomic mass is 35.5. The molecule has 0 fully saturated rings. The van der Waals surface area contributed by atoms with E-state index in [0.29, 0.717) is 15.8 Å². The Hall–Kier alpha value is -2.37. The van der Waals surface area contributed by atoms with Crippen LogP contribution in [0.2, 0.25) is 5.02 Å². The minimum atomic E-state index is -0.369. The summed E-state index contributed by atoms with van der Waals surface area (Å²) in [5.74, 6) is 0. The summed E-state index contributed by atoms with van der Waals surface area (Å²) in [7, 11) is 0. The Kier molecular flexibility index (Phi) is 5.06. The summed E-state index contributed by atoms with van der Waals surface area (Å²) in [5, 5.41) is 8.46. The van der Waals surface area contributed by atoms with Gasteiger partial charge in [-0.3, -0.25) is 5.32 Å². The maximum atomic E-state index is 12.1. The van der Waals surface area contributed by atoms with E-state index in [0.717, 1.165) is 11.3 Å². The molecule has 0 aliphatic carbocycles. The molecule has 1 aromatic heterocycles. The van der Waals surface area contributed by atoms with Crippen molar-refractivity contribution in [1.82, 2.24) is 4.98 Å². The number of nitrogens with zero attached hydrogens (tertiary/aromatic N) is 1. The van der Waals surface area contributed by atoms with Crippen molar-refractivity contribution in [3.63, 3.8) is 0 Å². The van der Waals surface area contributed by atoms with Crippen molar-refractivity contribution in [3.8, 4) is 11.3 Å². The predicted molar refractivity (Wildman–Crippen MR) is 106 cm³/mol. The van der Waals surface area contributed by atoms with Gasteiger partial charge in [0.1, 0.15) is 0 Å². The Morgan fingerprint density at radius 2 is 1.76 bits per heavy atom. The molecular weight excluding hydrogens is 354 g/mol. The number of aryl methyl sites for hydroxylation is 3. The van der Waals surface area contributed by atoms with Crippen LogP contribution in [0, 0.1) is 20.8 Å². The topological polar surface area (TPSA) is 54.0 Å². The zero-order valence-corrected chi connectivity index (χ0v) is 15.8. The van der Waals surface area contributed by atoms with Gasteiger partial charge in [0.05, 0.1) is 16.4 Å². The number of anilines is 2.